The zero-order valence-electron chi connectivity index (χ0n) is 14.9. The van der Waals surface area contributed by atoms with E-state index in [9.17, 15) is 8.42 Å². The standard InChI is InChI=1S/C17H33NO3S/c1-6-8-13-18(14-9-7-2)21-22(19,20)15-17(5)12-10-11-16(3)4/h11,15H,6-10,12-14H2,1-5H3/b17-15+. The summed E-state index contributed by atoms with van der Waals surface area (Å²) in [7, 11) is -3.65. The summed E-state index contributed by atoms with van der Waals surface area (Å²) in [6, 6.07) is 0. The molecule has 0 fully saturated rings. The number of nitrogens with zero attached hydrogens (tertiary/aromatic N) is 1. The van der Waals surface area contributed by atoms with E-state index in [1.165, 1.54) is 11.0 Å². The fraction of sp³-hybridized carbons (Fsp3) is 0.765. The predicted molar refractivity (Wildman–Crippen MR) is 93.8 cm³/mol. The van der Waals surface area contributed by atoms with Crippen molar-refractivity contribution in [1.82, 2.24) is 5.06 Å². The van der Waals surface area contributed by atoms with Crippen molar-refractivity contribution in [2.24, 2.45) is 0 Å². The first kappa shape index (κ1) is 21.4. The highest BCUT2D eigenvalue weighted by Crippen LogP contribution is 2.12. The van der Waals surface area contributed by atoms with E-state index in [-0.39, 0.29) is 0 Å². The van der Waals surface area contributed by atoms with Crippen LogP contribution in [0, 0.1) is 0 Å². The van der Waals surface area contributed by atoms with Gasteiger partial charge in [0.05, 0.1) is 5.41 Å². The highest BCUT2D eigenvalue weighted by molar-refractivity contribution is 7.89. The largest absolute Gasteiger partial charge is 0.306 e. The Labute approximate surface area is 137 Å². The number of hydroxylamine groups is 2. The summed E-state index contributed by atoms with van der Waals surface area (Å²) < 4.78 is 29.5. The van der Waals surface area contributed by atoms with Gasteiger partial charge in [0.1, 0.15) is 0 Å². The van der Waals surface area contributed by atoms with Crippen LogP contribution in [0.15, 0.2) is 22.6 Å². The van der Waals surface area contributed by atoms with Crippen molar-refractivity contribution in [3.8, 4) is 0 Å². The quantitative estimate of drug-likeness (QED) is 0.381. The third-order valence-corrected chi connectivity index (χ3v) is 4.28. The van der Waals surface area contributed by atoms with E-state index in [0.717, 1.165) is 44.1 Å². The molecule has 0 aliphatic carbocycles. The molecule has 0 aromatic heterocycles. The molecular weight excluding hydrogens is 298 g/mol. The van der Waals surface area contributed by atoms with Crippen LogP contribution in [0.3, 0.4) is 0 Å². The second-order valence-electron chi connectivity index (χ2n) is 5.99. The van der Waals surface area contributed by atoms with Crippen LogP contribution >= 0.6 is 0 Å². The van der Waals surface area contributed by atoms with Gasteiger partial charge in [-0.1, -0.05) is 43.9 Å². The lowest BCUT2D eigenvalue weighted by atomic mass is 10.1. The molecule has 0 bridgehead atoms. The molecule has 0 N–H and O–H groups in total. The van der Waals surface area contributed by atoms with E-state index in [2.05, 4.69) is 19.9 Å². The molecule has 0 saturated carbocycles. The van der Waals surface area contributed by atoms with Gasteiger partial charge in [-0.15, -0.1) is 0 Å². The number of hydrogen-bond acceptors (Lipinski definition) is 4. The normalized spacial score (nSPS) is 12.7. The third-order valence-electron chi connectivity index (χ3n) is 3.17. The van der Waals surface area contributed by atoms with Crippen LogP contribution in [0.1, 0.15) is 73.1 Å². The lowest BCUT2D eigenvalue weighted by Gasteiger charge is -2.19. The fourth-order valence-electron chi connectivity index (χ4n) is 1.92. The summed E-state index contributed by atoms with van der Waals surface area (Å²) in [5.74, 6) is 0. The lowest BCUT2D eigenvalue weighted by molar-refractivity contribution is -0.0516. The minimum atomic E-state index is -3.65. The van der Waals surface area contributed by atoms with Gasteiger partial charge >= 0.3 is 10.1 Å². The predicted octanol–water partition coefficient (Wildman–Crippen LogP) is 4.80. The van der Waals surface area contributed by atoms with Gasteiger partial charge < -0.3 is 0 Å². The Bertz CT molecular complexity index is 441. The first-order chi connectivity index (χ1) is 10.3. The van der Waals surface area contributed by atoms with Crippen molar-refractivity contribution in [3.63, 3.8) is 0 Å². The van der Waals surface area contributed by atoms with Gasteiger partial charge in [0.15, 0.2) is 0 Å². The maximum atomic E-state index is 12.1. The monoisotopic (exact) mass is 331 g/mol. The summed E-state index contributed by atoms with van der Waals surface area (Å²) in [4.78, 5) is 0. The first-order valence-electron chi connectivity index (χ1n) is 8.30. The average Bonchev–Trinajstić information content (AvgIpc) is 2.40. The molecular formula is C17H33NO3S. The Morgan fingerprint density at radius 3 is 2.05 bits per heavy atom. The van der Waals surface area contributed by atoms with Gasteiger partial charge in [-0.3, -0.25) is 0 Å². The van der Waals surface area contributed by atoms with Crippen LogP contribution in [0.4, 0.5) is 0 Å². The van der Waals surface area contributed by atoms with Crippen molar-refractivity contribution in [2.45, 2.75) is 73.1 Å². The zero-order chi connectivity index (χ0) is 17.0. The molecule has 0 saturated heterocycles. The Kier molecular flexibility index (Phi) is 11.5. The molecule has 0 rings (SSSR count). The third kappa shape index (κ3) is 12.0. The van der Waals surface area contributed by atoms with E-state index < -0.39 is 10.1 Å². The van der Waals surface area contributed by atoms with Gasteiger partial charge in [-0.05, 0) is 46.5 Å². The molecule has 0 amide bonds. The molecule has 0 aliphatic rings. The SMILES string of the molecule is CCCCN(CCCC)OS(=O)(=O)/C=C(\C)CCC=C(C)C. The van der Waals surface area contributed by atoms with Crippen molar-refractivity contribution in [1.29, 1.82) is 0 Å². The average molecular weight is 332 g/mol. The molecule has 0 aromatic carbocycles. The Hall–Kier alpha value is -0.650. The van der Waals surface area contributed by atoms with Crippen molar-refractivity contribution >= 4 is 10.1 Å². The van der Waals surface area contributed by atoms with E-state index in [4.69, 9.17) is 4.28 Å². The molecule has 5 heteroatoms. The summed E-state index contributed by atoms with van der Waals surface area (Å²) in [6.45, 7) is 11.4. The van der Waals surface area contributed by atoms with Crippen molar-refractivity contribution in [3.05, 3.63) is 22.6 Å². The molecule has 4 nitrogen and oxygen atoms in total. The van der Waals surface area contributed by atoms with E-state index in [1.54, 1.807) is 5.06 Å². The van der Waals surface area contributed by atoms with E-state index in [0.29, 0.717) is 13.1 Å². The van der Waals surface area contributed by atoms with E-state index >= 15 is 0 Å². The fourth-order valence-corrected chi connectivity index (χ4v) is 3.01. The zero-order valence-corrected chi connectivity index (χ0v) is 15.7. The van der Waals surface area contributed by atoms with Crippen LogP contribution in [0.5, 0.6) is 0 Å². The molecule has 0 aliphatic heterocycles. The molecule has 0 radical (unpaired) electrons. The Morgan fingerprint density at radius 2 is 1.59 bits per heavy atom. The molecule has 130 valence electrons. The topological polar surface area (TPSA) is 46.6 Å². The van der Waals surface area contributed by atoms with Crippen LogP contribution in [-0.4, -0.2) is 26.6 Å². The summed E-state index contributed by atoms with van der Waals surface area (Å²) in [6.07, 6.45) is 7.60. The van der Waals surface area contributed by atoms with Crippen LogP contribution in [0.25, 0.3) is 0 Å². The Balaban J connectivity index is 4.62. The highest BCUT2D eigenvalue weighted by atomic mass is 32.2. The minimum absolute atomic E-state index is 0.653. The van der Waals surface area contributed by atoms with Crippen molar-refractivity contribution < 1.29 is 12.7 Å². The second kappa shape index (κ2) is 11.9. The van der Waals surface area contributed by atoms with E-state index in [1.807, 2.05) is 20.8 Å². The highest BCUT2D eigenvalue weighted by Gasteiger charge is 2.15. The molecule has 0 heterocycles. The molecule has 0 atom stereocenters. The van der Waals surface area contributed by atoms with Crippen LogP contribution in [-0.2, 0) is 14.4 Å². The number of unbranched alkanes of at least 4 members (excludes halogenated alkanes) is 2. The summed E-state index contributed by atoms with van der Waals surface area (Å²) >= 11 is 0. The number of rotatable bonds is 12. The van der Waals surface area contributed by atoms with Gasteiger partial charge in [0, 0.05) is 13.1 Å². The maximum absolute atomic E-state index is 12.1. The summed E-state index contributed by atoms with van der Waals surface area (Å²) in [5, 5.41) is 2.85. The number of allylic oxidation sites excluding steroid dienone is 3. The molecule has 0 aromatic rings. The molecule has 0 spiro atoms. The molecule has 22 heavy (non-hydrogen) atoms. The molecule has 0 unspecified atom stereocenters. The summed E-state index contributed by atoms with van der Waals surface area (Å²) in [5.41, 5.74) is 2.07. The Morgan fingerprint density at radius 1 is 1.05 bits per heavy atom. The second-order valence-corrected chi connectivity index (χ2v) is 7.36. The van der Waals surface area contributed by atoms with Gasteiger partial charge in [-0.25, -0.2) is 0 Å². The van der Waals surface area contributed by atoms with Gasteiger partial charge in [-0.2, -0.15) is 17.8 Å². The smallest absolute Gasteiger partial charge is 0.193 e. The van der Waals surface area contributed by atoms with Crippen molar-refractivity contribution in [2.75, 3.05) is 13.1 Å². The minimum Gasteiger partial charge on any atom is -0.193 e. The lowest BCUT2D eigenvalue weighted by Crippen LogP contribution is -2.29. The maximum Gasteiger partial charge on any atom is 0.306 e. The van der Waals surface area contributed by atoms with Crippen LogP contribution in [0.2, 0.25) is 0 Å². The van der Waals surface area contributed by atoms with Gasteiger partial charge in [0.25, 0.3) is 0 Å². The van der Waals surface area contributed by atoms with Crippen LogP contribution < -0.4 is 0 Å². The number of hydrogen-bond donors (Lipinski definition) is 0. The van der Waals surface area contributed by atoms with Gasteiger partial charge in [0.2, 0.25) is 0 Å². The first-order valence-corrected chi connectivity index (χ1v) is 9.78.